The van der Waals surface area contributed by atoms with Crippen molar-refractivity contribution in [2.45, 2.75) is 25.9 Å². The van der Waals surface area contributed by atoms with E-state index >= 15 is 0 Å². The minimum atomic E-state index is -0.587. The SMILES string of the molecule is CCC(Oc1ccc(CC(N)=S)cc1)C(N)=O. The molecule has 0 aliphatic carbocycles. The van der Waals surface area contributed by atoms with Crippen LogP contribution in [0.5, 0.6) is 5.75 Å². The quantitative estimate of drug-likeness (QED) is 0.745. The van der Waals surface area contributed by atoms with Crippen molar-refractivity contribution in [1.29, 1.82) is 0 Å². The van der Waals surface area contributed by atoms with Crippen LogP contribution in [0.25, 0.3) is 0 Å². The lowest BCUT2D eigenvalue weighted by Crippen LogP contribution is -2.32. The molecule has 0 saturated carbocycles. The first-order valence-corrected chi connectivity index (χ1v) is 5.77. The maximum Gasteiger partial charge on any atom is 0.258 e. The number of carbonyl (C=O) groups excluding carboxylic acids is 1. The lowest BCUT2D eigenvalue weighted by Gasteiger charge is -2.14. The van der Waals surface area contributed by atoms with Crippen molar-refractivity contribution in [3.8, 4) is 5.75 Å². The highest BCUT2D eigenvalue weighted by Crippen LogP contribution is 2.15. The van der Waals surface area contributed by atoms with Crippen LogP contribution in [0.4, 0.5) is 0 Å². The third kappa shape index (κ3) is 4.40. The number of benzene rings is 1. The van der Waals surface area contributed by atoms with Gasteiger partial charge in [-0.05, 0) is 24.1 Å². The molecule has 4 nitrogen and oxygen atoms in total. The van der Waals surface area contributed by atoms with Crippen LogP contribution in [0.15, 0.2) is 24.3 Å². The number of ether oxygens (including phenoxy) is 1. The molecular formula is C12H16N2O2S. The number of amides is 1. The van der Waals surface area contributed by atoms with Crippen LogP contribution < -0.4 is 16.2 Å². The maximum absolute atomic E-state index is 11.0. The zero-order chi connectivity index (χ0) is 12.8. The number of hydrogen-bond acceptors (Lipinski definition) is 3. The Morgan fingerprint density at radius 3 is 2.35 bits per heavy atom. The molecule has 0 spiro atoms. The Kier molecular flexibility index (Phi) is 4.90. The molecular weight excluding hydrogens is 236 g/mol. The third-order valence-electron chi connectivity index (χ3n) is 2.27. The maximum atomic E-state index is 11.0. The van der Waals surface area contributed by atoms with Gasteiger partial charge in [-0.1, -0.05) is 31.3 Å². The minimum Gasteiger partial charge on any atom is -0.481 e. The molecule has 1 atom stereocenters. The molecule has 0 saturated heterocycles. The van der Waals surface area contributed by atoms with E-state index in [1.54, 1.807) is 12.1 Å². The van der Waals surface area contributed by atoms with Crippen molar-refractivity contribution in [3.05, 3.63) is 29.8 Å². The first kappa shape index (κ1) is 13.4. The Bertz CT molecular complexity index is 403. The normalized spacial score (nSPS) is 11.8. The van der Waals surface area contributed by atoms with Gasteiger partial charge in [-0.3, -0.25) is 4.79 Å². The summed E-state index contributed by atoms with van der Waals surface area (Å²) in [6.45, 7) is 1.84. The number of nitrogens with two attached hydrogens (primary N) is 2. The van der Waals surface area contributed by atoms with Gasteiger partial charge in [0.15, 0.2) is 6.10 Å². The van der Waals surface area contributed by atoms with Crippen LogP contribution in [0.1, 0.15) is 18.9 Å². The van der Waals surface area contributed by atoms with Crippen LogP contribution in [-0.2, 0) is 11.2 Å². The van der Waals surface area contributed by atoms with Gasteiger partial charge in [-0.25, -0.2) is 0 Å². The van der Waals surface area contributed by atoms with Crippen molar-refractivity contribution >= 4 is 23.1 Å². The molecule has 5 heteroatoms. The van der Waals surface area contributed by atoms with Crippen molar-refractivity contribution in [1.82, 2.24) is 0 Å². The first-order valence-electron chi connectivity index (χ1n) is 5.36. The topological polar surface area (TPSA) is 78.3 Å². The zero-order valence-corrected chi connectivity index (χ0v) is 10.5. The number of thiocarbonyl (C=S) groups is 1. The molecule has 1 rings (SSSR count). The predicted molar refractivity (Wildman–Crippen MR) is 70.8 cm³/mol. The fraction of sp³-hybridized carbons (Fsp3) is 0.333. The molecule has 0 bridgehead atoms. The molecule has 1 amide bonds. The Morgan fingerprint density at radius 1 is 1.35 bits per heavy atom. The Hall–Kier alpha value is -1.62. The molecule has 0 aliphatic rings. The van der Waals surface area contributed by atoms with Crippen molar-refractivity contribution in [2.75, 3.05) is 0 Å². The molecule has 0 aromatic heterocycles. The third-order valence-corrected chi connectivity index (χ3v) is 2.41. The molecule has 1 aromatic carbocycles. The second-order valence-electron chi connectivity index (χ2n) is 3.70. The standard InChI is InChI=1S/C12H16N2O2S/c1-2-10(12(14)15)16-9-5-3-8(4-6-9)7-11(13)17/h3-6,10H,2,7H2,1H3,(H2,13,17)(H2,14,15). The summed E-state index contributed by atoms with van der Waals surface area (Å²) in [6, 6.07) is 7.28. The van der Waals surface area contributed by atoms with E-state index in [0.717, 1.165) is 5.56 Å². The summed E-state index contributed by atoms with van der Waals surface area (Å²) < 4.78 is 5.45. The molecule has 0 radical (unpaired) electrons. The van der Waals surface area contributed by atoms with Crippen LogP contribution >= 0.6 is 12.2 Å². The summed E-state index contributed by atoms with van der Waals surface area (Å²) >= 11 is 4.82. The smallest absolute Gasteiger partial charge is 0.258 e. The van der Waals surface area contributed by atoms with E-state index < -0.39 is 12.0 Å². The van der Waals surface area contributed by atoms with Gasteiger partial charge in [-0.2, -0.15) is 0 Å². The van der Waals surface area contributed by atoms with Gasteiger partial charge in [-0.15, -0.1) is 0 Å². The predicted octanol–water partition coefficient (Wildman–Crippen LogP) is 1.16. The summed E-state index contributed by atoms with van der Waals surface area (Å²) in [6.07, 6.45) is 0.517. The van der Waals surface area contributed by atoms with Crippen molar-refractivity contribution < 1.29 is 9.53 Å². The molecule has 1 unspecified atom stereocenters. The fourth-order valence-electron chi connectivity index (χ4n) is 1.39. The van der Waals surface area contributed by atoms with E-state index in [-0.39, 0.29) is 0 Å². The van der Waals surface area contributed by atoms with E-state index in [1.165, 1.54) is 0 Å². The summed E-state index contributed by atoms with van der Waals surface area (Å²) in [7, 11) is 0. The highest BCUT2D eigenvalue weighted by molar-refractivity contribution is 7.80. The van der Waals surface area contributed by atoms with Crippen LogP contribution in [0.3, 0.4) is 0 Å². The second kappa shape index (κ2) is 6.20. The zero-order valence-electron chi connectivity index (χ0n) is 9.68. The van der Waals surface area contributed by atoms with Gasteiger partial charge in [0.1, 0.15) is 5.75 Å². The number of primary amides is 1. The molecule has 92 valence electrons. The molecule has 4 N–H and O–H groups in total. The van der Waals surface area contributed by atoms with E-state index in [2.05, 4.69) is 0 Å². The average Bonchev–Trinajstić information content (AvgIpc) is 2.26. The summed E-state index contributed by atoms with van der Waals surface area (Å²) in [5, 5.41) is 0. The Labute approximate surface area is 106 Å². The highest BCUT2D eigenvalue weighted by Gasteiger charge is 2.14. The Balaban J connectivity index is 2.67. The van der Waals surface area contributed by atoms with E-state index in [1.807, 2.05) is 19.1 Å². The second-order valence-corrected chi connectivity index (χ2v) is 4.23. The molecule has 0 aliphatic heterocycles. The van der Waals surface area contributed by atoms with Crippen molar-refractivity contribution in [2.24, 2.45) is 11.5 Å². The monoisotopic (exact) mass is 252 g/mol. The van der Waals surface area contributed by atoms with Crippen LogP contribution in [-0.4, -0.2) is 17.0 Å². The van der Waals surface area contributed by atoms with Crippen molar-refractivity contribution in [3.63, 3.8) is 0 Å². The number of rotatable bonds is 6. The van der Waals surface area contributed by atoms with Gasteiger partial charge in [0.25, 0.3) is 5.91 Å². The molecule has 0 heterocycles. The Morgan fingerprint density at radius 2 is 1.94 bits per heavy atom. The van der Waals surface area contributed by atoms with Gasteiger partial charge >= 0.3 is 0 Å². The molecule has 0 fully saturated rings. The van der Waals surface area contributed by atoms with E-state index in [9.17, 15) is 4.79 Å². The van der Waals surface area contributed by atoms with Gasteiger partial charge in [0.05, 0.1) is 4.99 Å². The largest absolute Gasteiger partial charge is 0.481 e. The van der Waals surface area contributed by atoms with Crippen LogP contribution in [0.2, 0.25) is 0 Å². The number of hydrogen-bond donors (Lipinski definition) is 2. The van der Waals surface area contributed by atoms with E-state index in [0.29, 0.717) is 23.6 Å². The number of carbonyl (C=O) groups is 1. The highest BCUT2D eigenvalue weighted by atomic mass is 32.1. The van der Waals surface area contributed by atoms with Gasteiger partial charge < -0.3 is 16.2 Å². The summed E-state index contributed by atoms with van der Waals surface area (Å²) in [5.41, 5.74) is 11.6. The lowest BCUT2D eigenvalue weighted by atomic mass is 10.1. The summed E-state index contributed by atoms with van der Waals surface area (Å²) in [5.74, 6) is 0.155. The minimum absolute atomic E-state index is 0.447. The van der Waals surface area contributed by atoms with E-state index in [4.69, 9.17) is 28.4 Å². The first-order chi connectivity index (χ1) is 8.02. The van der Waals surface area contributed by atoms with Crippen LogP contribution in [0, 0.1) is 0 Å². The van der Waals surface area contributed by atoms with Gasteiger partial charge in [0.2, 0.25) is 0 Å². The molecule has 17 heavy (non-hydrogen) atoms. The molecule has 1 aromatic rings. The fourth-order valence-corrected chi connectivity index (χ4v) is 1.56. The average molecular weight is 252 g/mol. The lowest BCUT2D eigenvalue weighted by molar-refractivity contribution is -0.124. The van der Waals surface area contributed by atoms with Gasteiger partial charge in [0, 0.05) is 6.42 Å². The summed E-state index contributed by atoms with van der Waals surface area (Å²) in [4.78, 5) is 11.5.